The smallest absolute Gasteiger partial charge is 0.128 e. The number of aromatic nitrogens is 1. The van der Waals surface area contributed by atoms with Crippen LogP contribution in [0.2, 0.25) is 0 Å². The number of pyridine rings is 1. The fourth-order valence-electron chi connectivity index (χ4n) is 1.76. The molecule has 0 bridgehead atoms. The summed E-state index contributed by atoms with van der Waals surface area (Å²) in [5, 5.41) is 9.47. The molecule has 1 atom stereocenters. The summed E-state index contributed by atoms with van der Waals surface area (Å²) < 4.78 is 0. The van der Waals surface area contributed by atoms with Crippen LogP contribution in [0.1, 0.15) is 31.9 Å². The zero-order chi connectivity index (χ0) is 13.5. The van der Waals surface area contributed by atoms with Crippen molar-refractivity contribution in [2.45, 2.75) is 26.4 Å². The molecule has 0 aliphatic carbocycles. The van der Waals surface area contributed by atoms with Gasteiger partial charge in [-0.3, -0.25) is 0 Å². The Bertz CT molecular complexity index is 335. The first kappa shape index (κ1) is 14.9. The molecule has 18 heavy (non-hydrogen) atoms. The van der Waals surface area contributed by atoms with E-state index in [4.69, 9.17) is 0 Å². The minimum Gasteiger partial charge on any atom is -0.389 e. The summed E-state index contributed by atoms with van der Waals surface area (Å²) in [7, 11) is 4.15. The van der Waals surface area contributed by atoms with Crippen molar-refractivity contribution in [1.29, 1.82) is 0 Å². The number of aliphatic hydroxyl groups is 1. The van der Waals surface area contributed by atoms with E-state index < -0.39 is 6.10 Å². The average Bonchev–Trinajstić information content (AvgIpc) is 2.34. The third-order valence-corrected chi connectivity index (χ3v) is 2.89. The van der Waals surface area contributed by atoms with Crippen molar-refractivity contribution >= 4 is 5.82 Å². The van der Waals surface area contributed by atoms with Gasteiger partial charge in [-0.15, -0.1) is 0 Å². The second-order valence-corrected chi connectivity index (χ2v) is 4.92. The van der Waals surface area contributed by atoms with E-state index in [2.05, 4.69) is 35.8 Å². The fourth-order valence-corrected chi connectivity index (χ4v) is 1.76. The first-order chi connectivity index (χ1) is 8.54. The third-order valence-electron chi connectivity index (χ3n) is 2.89. The Hall–Kier alpha value is -1.13. The van der Waals surface area contributed by atoms with E-state index in [9.17, 15) is 5.11 Å². The van der Waals surface area contributed by atoms with Gasteiger partial charge in [0.15, 0.2) is 0 Å². The summed E-state index contributed by atoms with van der Waals surface area (Å²) >= 11 is 0. The predicted octanol–water partition coefficient (Wildman–Crippen LogP) is 1.91. The summed E-state index contributed by atoms with van der Waals surface area (Å²) in [5.74, 6) is 0.989. The minimum atomic E-state index is -0.451. The summed E-state index contributed by atoms with van der Waals surface area (Å²) in [6.45, 7) is 6.93. The van der Waals surface area contributed by atoms with Crippen LogP contribution in [0.25, 0.3) is 0 Å². The molecule has 0 fully saturated rings. The second kappa shape index (κ2) is 7.34. The Morgan fingerprint density at radius 3 is 2.39 bits per heavy atom. The fraction of sp³-hybridized carbons (Fsp3) is 0.643. The lowest BCUT2D eigenvalue weighted by Gasteiger charge is -2.25. The molecular weight excluding hydrogens is 226 g/mol. The van der Waals surface area contributed by atoms with Crippen molar-refractivity contribution in [3.05, 3.63) is 23.9 Å². The molecule has 1 aromatic heterocycles. The van der Waals surface area contributed by atoms with E-state index in [1.54, 1.807) is 13.1 Å². The molecular formula is C14H25N3O. The lowest BCUT2D eigenvalue weighted by molar-refractivity contribution is 0.199. The normalized spacial score (nSPS) is 12.8. The molecule has 0 aromatic carbocycles. The van der Waals surface area contributed by atoms with Gasteiger partial charge in [0.2, 0.25) is 0 Å². The van der Waals surface area contributed by atoms with E-state index in [-0.39, 0.29) is 0 Å². The number of hydrogen-bond donors (Lipinski definition) is 1. The van der Waals surface area contributed by atoms with E-state index in [0.717, 1.165) is 37.4 Å². The molecule has 0 amide bonds. The van der Waals surface area contributed by atoms with Crippen molar-refractivity contribution in [2.24, 2.45) is 0 Å². The third kappa shape index (κ3) is 4.63. The van der Waals surface area contributed by atoms with Gasteiger partial charge in [-0.25, -0.2) is 4.98 Å². The maximum absolute atomic E-state index is 9.47. The SMILES string of the molecule is CCCN(CCN(C)C)c1ccc(C(C)O)cn1. The summed E-state index contributed by atoms with van der Waals surface area (Å²) in [4.78, 5) is 8.90. The van der Waals surface area contributed by atoms with Gasteiger partial charge in [0.1, 0.15) is 5.82 Å². The highest BCUT2D eigenvalue weighted by molar-refractivity contribution is 5.39. The lowest BCUT2D eigenvalue weighted by atomic mass is 10.2. The number of hydrogen-bond acceptors (Lipinski definition) is 4. The van der Waals surface area contributed by atoms with Crippen LogP contribution in [0.3, 0.4) is 0 Å². The standard InChI is InChI=1S/C14H25N3O/c1-5-8-17(10-9-16(3)4)14-7-6-13(11-15-14)12(2)18/h6-7,11-12,18H,5,8-10H2,1-4H3. The van der Waals surface area contributed by atoms with Crippen LogP contribution in [-0.4, -0.2) is 48.7 Å². The zero-order valence-electron chi connectivity index (χ0n) is 11.9. The molecule has 1 heterocycles. The lowest BCUT2D eigenvalue weighted by Crippen LogP contribution is -2.32. The molecule has 4 heteroatoms. The van der Waals surface area contributed by atoms with Gasteiger partial charge in [0.05, 0.1) is 6.10 Å². The highest BCUT2D eigenvalue weighted by atomic mass is 16.3. The van der Waals surface area contributed by atoms with Crippen LogP contribution < -0.4 is 4.90 Å². The van der Waals surface area contributed by atoms with Gasteiger partial charge >= 0.3 is 0 Å². The van der Waals surface area contributed by atoms with Crippen LogP contribution >= 0.6 is 0 Å². The minimum absolute atomic E-state index is 0.451. The molecule has 0 saturated heterocycles. The number of likely N-dealkylation sites (N-methyl/N-ethyl adjacent to an activating group) is 1. The quantitative estimate of drug-likeness (QED) is 0.803. The van der Waals surface area contributed by atoms with Crippen molar-refractivity contribution in [3.8, 4) is 0 Å². The summed E-state index contributed by atoms with van der Waals surface area (Å²) in [5.41, 5.74) is 0.864. The zero-order valence-corrected chi connectivity index (χ0v) is 11.9. The first-order valence-electron chi connectivity index (χ1n) is 6.58. The van der Waals surface area contributed by atoms with E-state index in [1.807, 2.05) is 12.1 Å². The Balaban J connectivity index is 2.72. The Kier molecular flexibility index (Phi) is 6.09. The molecule has 102 valence electrons. The van der Waals surface area contributed by atoms with Crippen molar-refractivity contribution in [3.63, 3.8) is 0 Å². The average molecular weight is 251 g/mol. The molecule has 1 unspecified atom stereocenters. The van der Waals surface area contributed by atoms with Gasteiger partial charge in [-0.2, -0.15) is 0 Å². The molecule has 0 saturated carbocycles. The molecule has 4 nitrogen and oxygen atoms in total. The monoisotopic (exact) mass is 251 g/mol. The van der Waals surface area contributed by atoms with Gasteiger partial charge in [-0.1, -0.05) is 13.0 Å². The Morgan fingerprint density at radius 1 is 1.22 bits per heavy atom. The second-order valence-electron chi connectivity index (χ2n) is 4.92. The number of aliphatic hydroxyl groups excluding tert-OH is 1. The van der Waals surface area contributed by atoms with Crippen molar-refractivity contribution in [1.82, 2.24) is 9.88 Å². The number of nitrogens with zero attached hydrogens (tertiary/aromatic N) is 3. The molecule has 0 radical (unpaired) electrons. The molecule has 1 rings (SSSR count). The highest BCUT2D eigenvalue weighted by Gasteiger charge is 2.08. The Labute approximate surface area is 110 Å². The predicted molar refractivity (Wildman–Crippen MR) is 75.9 cm³/mol. The first-order valence-corrected chi connectivity index (χ1v) is 6.58. The van der Waals surface area contributed by atoms with Crippen LogP contribution in [0.5, 0.6) is 0 Å². The van der Waals surface area contributed by atoms with Gasteiger partial charge < -0.3 is 14.9 Å². The van der Waals surface area contributed by atoms with Gasteiger partial charge in [-0.05, 0) is 39.1 Å². The van der Waals surface area contributed by atoms with Crippen LogP contribution in [-0.2, 0) is 0 Å². The van der Waals surface area contributed by atoms with Gasteiger partial charge in [0, 0.05) is 25.8 Å². The molecule has 1 aromatic rings. The maximum atomic E-state index is 9.47. The maximum Gasteiger partial charge on any atom is 0.128 e. The topological polar surface area (TPSA) is 39.6 Å². The largest absolute Gasteiger partial charge is 0.389 e. The van der Waals surface area contributed by atoms with Crippen molar-refractivity contribution in [2.75, 3.05) is 38.6 Å². The van der Waals surface area contributed by atoms with E-state index >= 15 is 0 Å². The Morgan fingerprint density at radius 2 is 1.94 bits per heavy atom. The van der Waals surface area contributed by atoms with E-state index in [0.29, 0.717) is 0 Å². The molecule has 0 spiro atoms. The number of rotatable bonds is 7. The molecule has 0 aliphatic rings. The van der Waals surface area contributed by atoms with Crippen LogP contribution in [0.4, 0.5) is 5.82 Å². The van der Waals surface area contributed by atoms with Crippen molar-refractivity contribution < 1.29 is 5.11 Å². The highest BCUT2D eigenvalue weighted by Crippen LogP contribution is 2.16. The van der Waals surface area contributed by atoms with Crippen LogP contribution in [0.15, 0.2) is 18.3 Å². The summed E-state index contributed by atoms with van der Waals surface area (Å²) in [6, 6.07) is 3.94. The number of anilines is 1. The molecule has 0 aliphatic heterocycles. The van der Waals surface area contributed by atoms with E-state index in [1.165, 1.54) is 0 Å². The molecule has 1 N–H and O–H groups in total. The summed E-state index contributed by atoms with van der Waals surface area (Å²) in [6.07, 6.45) is 2.42. The van der Waals surface area contributed by atoms with Gasteiger partial charge in [0.25, 0.3) is 0 Å². The van der Waals surface area contributed by atoms with Crippen LogP contribution in [0, 0.1) is 0 Å².